The van der Waals surface area contributed by atoms with E-state index >= 15 is 0 Å². The second-order valence-electron chi connectivity index (χ2n) is 3.94. The zero-order valence-electron chi connectivity index (χ0n) is 8.89. The Morgan fingerprint density at radius 2 is 2.06 bits per heavy atom. The van der Waals surface area contributed by atoms with Crippen LogP contribution in [-0.4, -0.2) is 29.9 Å². The fourth-order valence-corrected chi connectivity index (χ4v) is 1.99. The number of nitrogens with zero attached hydrogens (tertiary/aromatic N) is 2. The number of ether oxygens (including phenoxy) is 1. The van der Waals surface area contributed by atoms with E-state index in [9.17, 15) is 0 Å². The molecule has 0 spiro atoms. The van der Waals surface area contributed by atoms with Crippen LogP contribution in [0.3, 0.4) is 0 Å². The molecular weight excluding hydrogens is 202 g/mol. The average molecular weight is 215 g/mol. The van der Waals surface area contributed by atoms with Crippen LogP contribution in [0.2, 0.25) is 0 Å². The minimum atomic E-state index is 0.159. The van der Waals surface area contributed by atoms with E-state index in [4.69, 9.17) is 4.74 Å². The Kier molecular flexibility index (Phi) is 2.52. The van der Waals surface area contributed by atoms with Crippen molar-refractivity contribution < 1.29 is 4.74 Å². The van der Waals surface area contributed by atoms with Gasteiger partial charge in [0.15, 0.2) is 0 Å². The molecule has 1 aliphatic heterocycles. The number of hydrogen-bond donors (Lipinski definition) is 1. The quantitative estimate of drug-likeness (QED) is 0.778. The van der Waals surface area contributed by atoms with Gasteiger partial charge in [-0.15, -0.1) is 0 Å². The molecule has 0 aliphatic carbocycles. The van der Waals surface area contributed by atoms with Crippen molar-refractivity contribution in [2.45, 2.75) is 6.10 Å². The van der Waals surface area contributed by atoms with E-state index in [0.717, 1.165) is 30.5 Å². The number of aromatic nitrogens is 2. The molecule has 4 nitrogen and oxygen atoms in total. The molecule has 3 rings (SSSR count). The summed E-state index contributed by atoms with van der Waals surface area (Å²) in [6, 6.07) is 6.29. The maximum absolute atomic E-state index is 5.71. The van der Waals surface area contributed by atoms with Crippen molar-refractivity contribution in [2.24, 2.45) is 0 Å². The molecule has 1 aromatic carbocycles. The van der Waals surface area contributed by atoms with Gasteiger partial charge in [0.1, 0.15) is 0 Å². The van der Waals surface area contributed by atoms with Crippen molar-refractivity contribution in [1.82, 2.24) is 15.5 Å². The minimum Gasteiger partial charge on any atom is -0.371 e. The summed E-state index contributed by atoms with van der Waals surface area (Å²) in [5, 5.41) is 13.3. The average Bonchev–Trinajstić information content (AvgIpc) is 2.39. The number of hydrogen-bond acceptors (Lipinski definition) is 4. The van der Waals surface area contributed by atoms with Crippen LogP contribution in [0.15, 0.2) is 30.6 Å². The van der Waals surface area contributed by atoms with E-state index in [1.54, 1.807) is 12.4 Å². The summed E-state index contributed by atoms with van der Waals surface area (Å²) in [5.74, 6) is 0. The number of morpholine rings is 1. The van der Waals surface area contributed by atoms with E-state index < -0.39 is 0 Å². The Morgan fingerprint density at radius 1 is 1.19 bits per heavy atom. The van der Waals surface area contributed by atoms with E-state index in [1.165, 1.54) is 5.56 Å². The smallest absolute Gasteiger partial charge is 0.0950 e. The van der Waals surface area contributed by atoms with Crippen molar-refractivity contribution in [3.8, 4) is 0 Å². The van der Waals surface area contributed by atoms with Gasteiger partial charge in [-0.05, 0) is 11.6 Å². The first-order chi connectivity index (χ1) is 7.93. The summed E-state index contributed by atoms with van der Waals surface area (Å²) < 4.78 is 5.71. The topological polar surface area (TPSA) is 47.0 Å². The van der Waals surface area contributed by atoms with Gasteiger partial charge in [0.05, 0.1) is 25.1 Å². The van der Waals surface area contributed by atoms with Crippen LogP contribution in [-0.2, 0) is 4.74 Å². The molecule has 1 unspecified atom stereocenters. The molecule has 82 valence electrons. The van der Waals surface area contributed by atoms with Gasteiger partial charge < -0.3 is 10.1 Å². The van der Waals surface area contributed by atoms with Gasteiger partial charge in [-0.3, -0.25) is 0 Å². The normalized spacial score (nSPS) is 21.1. The first-order valence-electron chi connectivity index (χ1n) is 5.46. The van der Waals surface area contributed by atoms with Crippen LogP contribution in [0, 0.1) is 0 Å². The molecule has 0 bridgehead atoms. The molecule has 1 aliphatic rings. The molecule has 0 radical (unpaired) electrons. The maximum atomic E-state index is 5.71. The van der Waals surface area contributed by atoms with Crippen LogP contribution < -0.4 is 5.32 Å². The number of nitrogens with one attached hydrogen (secondary N) is 1. The summed E-state index contributed by atoms with van der Waals surface area (Å²) >= 11 is 0. The summed E-state index contributed by atoms with van der Waals surface area (Å²) in [4.78, 5) is 0. The molecule has 0 amide bonds. The van der Waals surface area contributed by atoms with Crippen molar-refractivity contribution in [3.05, 3.63) is 36.2 Å². The predicted octanol–water partition coefficient (Wildman–Crippen LogP) is 1.29. The summed E-state index contributed by atoms with van der Waals surface area (Å²) in [6.07, 6.45) is 3.72. The van der Waals surface area contributed by atoms with Crippen LogP contribution >= 0.6 is 0 Å². The standard InChI is InChI=1S/C12H13N3O/c1-2-10-6-14-15-7-11(10)5-9(1)12-8-13-3-4-16-12/h1-2,5-7,12-13H,3-4,8H2. The van der Waals surface area contributed by atoms with E-state index in [0.29, 0.717) is 0 Å². The Labute approximate surface area is 93.6 Å². The third kappa shape index (κ3) is 1.77. The van der Waals surface area contributed by atoms with Gasteiger partial charge in [0, 0.05) is 23.9 Å². The fourth-order valence-electron chi connectivity index (χ4n) is 1.99. The summed E-state index contributed by atoms with van der Waals surface area (Å²) in [5.41, 5.74) is 1.20. The van der Waals surface area contributed by atoms with Crippen LogP contribution in [0.1, 0.15) is 11.7 Å². The fraction of sp³-hybridized carbons (Fsp3) is 0.333. The lowest BCUT2D eigenvalue weighted by atomic mass is 10.0. The largest absolute Gasteiger partial charge is 0.371 e. The zero-order chi connectivity index (χ0) is 10.8. The van der Waals surface area contributed by atoms with E-state index in [-0.39, 0.29) is 6.10 Å². The third-order valence-electron chi connectivity index (χ3n) is 2.87. The SMILES string of the molecule is c1cc2cnncc2cc1C1CNCCO1. The number of rotatable bonds is 1. The van der Waals surface area contributed by atoms with Crippen molar-refractivity contribution in [1.29, 1.82) is 0 Å². The van der Waals surface area contributed by atoms with E-state index in [2.05, 4.69) is 33.7 Å². The lowest BCUT2D eigenvalue weighted by Crippen LogP contribution is -2.33. The molecule has 2 aromatic rings. The molecule has 1 fully saturated rings. The number of fused-ring (bicyclic) bond motifs is 1. The second kappa shape index (κ2) is 4.15. The first-order valence-corrected chi connectivity index (χ1v) is 5.46. The maximum Gasteiger partial charge on any atom is 0.0950 e. The highest BCUT2D eigenvalue weighted by Crippen LogP contribution is 2.22. The summed E-state index contributed by atoms with van der Waals surface area (Å²) in [6.45, 7) is 2.59. The van der Waals surface area contributed by atoms with Gasteiger partial charge in [-0.1, -0.05) is 12.1 Å². The molecular formula is C12H13N3O. The first kappa shape index (κ1) is 9.69. The Morgan fingerprint density at radius 3 is 2.88 bits per heavy atom. The lowest BCUT2D eigenvalue weighted by Gasteiger charge is -2.24. The molecule has 1 N–H and O–H groups in total. The molecule has 4 heteroatoms. The molecule has 2 heterocycles. The monoisotopic (exact) mass is 215 g/mol. The van der Waals surface area contributed by atoms with Gasteiger partial charge >= 0.3 is 0 Å². The minimum absolute atomic E-state index is 0.159. The lowest BCUT2D eigenvalue weighted by molar-refractivity contribution is 0.0278. The van der Waals surface area contributed by atoms with E-state index in [1.807, 2.05) is 0 Å². The molecule has 16 heavy (non-hydrogen) atoms. The van der Waals surface area contributed by atoms with Crippen molar-refractivity contribution in [2.75, 3.05) is 19.7 Å². The summed E-state index contributed by atoms with van der Waals surface area (Å²) in [7, 11) is 0. The molecule has 1 saturated heterocycles. The van der Waals surface area contributed by atoms with Crippen LogP contribution in [0.5, 0.6) is 0 Å². The Hall–Kier alpha value is -1.52. The second-order valence-corrected chi connectivity index (χ2v) is 3.94. The van der Waals surface area contributed by atoms with Crippen LogP contribution in [0.25, 0.3) is 10.8 Å². The Bertz CT molecular complexity index is 494. The van der Waals surface area contributed by atoms with Crippen LogP contribution in [0.4, 0.5) is 0 Å². The predicted molar refractivity (Wildman–Crippen MR) is 61.1 cm³/mol. The van der Waals surface area contributed by atoms with Gasteiger partial charge in [0.25, 0.3) is 0 Å². The zero-order valence-corrected chi connectivity index (χ0v) is 8.89. The molecule has 1 aromatic heterocycles. The highest BCUT2D eigenvalue weighted by Gasteiger charge is 2.15. The number of benzene rings is 1. The van der Waals surface area contributed by atoms with Gasteiger partial charge in [0.2, 0.25) is 0 Å². The highest BCUT2D eigenvalue weighted by molar-refractivity contribution is 5.81. The van der Waals surface area contributed by atoms with Gasteiger partial charge in [-0.25, -0.2) is 0 Å². The third-order valence-corrected chi connectivity index (χ3v) is 2.87. The van der Waals surface area contributed by atoms with Crippen molar-refractivity contribution >= 4 is 10.8 Å². The highest BCUT2D eigenvalue weighted by atomic mass is 16.5. The molecule has 0 saturated carbocycles. The van der Waals surface area contributed by atoms with Crippen molar-refractivity contribution in [3.63, 3.8) is 0 Å². The Balaban J connectivity index is 1.97. The molecule has 1 atom stereocenters. The van der Waals surface area contributed by atoms with Gasteiger partial charge in [-0.2, -0.15) is 10.2 Å².